The number of nitrogens with zero attached hydrogens (tertiary/aromatic N) is 3. The fourth-order valence-electron chi connectivity index (χ4n) is 2.67. The molecule has 1 atom stereocenters. The second kappa shape index (κ2) is 6.45. The molecule has 110 valence electrons. The van der Waals surface area contributed by atoms with Crippen LogP contribution in [0.25, 0.3) is 0 Å². The maximum absolute atomic E-state index is 8.73. The van der Waals surface area contributed by atoms with Gasteiger partial charge in [-0.05, 0) is 60.1 Å². The Morgan fingerprint density at radius 2 is 2.35 bits per heavy atom. The molecule has 1 aromatic carbocycles. The molecule has 0 radical (unpaired) electrons. The Hall–Kier alpha value is -1.27. The van der Waals surface area contributed by atoms with Crippen LogP contribution in [0.15, 0.2) is 27.8 Å². The minimum atomic E-state index is 0.114. The van der Waals surface area contributed by atoms with Gasteiger partial charge in [0, 0.05) is 35.9 Å². The lowest BCUT2D eigenvalue weighted by Gasteiger charge is -2.23. The van der Waals surface area contributed by atoms with E-state index in [1.54, 1.807) is 0 Å². The standard InChI is InChI=1S/C14H21BrN4O/c1-18-6-5-10(8-18)9-19(2)11-3-4-12(13(15)7-11)14(16)17-20/h3-4,7,10,20H,5-6,8-9H2,1-2H3,(H2,16,17). The quantitative estimate of drug-likeness (QED) is 0.380. The van der Waals surface area contributed by atoms with Crippen LogP contribution in [0.5, 0.6) is 0 Å². The molecule has 20 heavy (non-hydrogen) atoms. The third kappa shape index (κ3) is 3.43. The van der Waals surface area contributed by atoms with Gasteiger partial charge in [0.05, 0.1) is 0 Å². The van der Waals surface area contributed by atoms with Crippen molar-refractivity contribution in [2.75, 3.05) is 38.6 Å². The molecule has 1 heterocycles. The van der Waals surface area contributed by atoms with Crippen LogP contribution < -0.4 is 10.6 Å². The number of rotatable bonds is 4. The molecule has 3 N–H and O–H groups in total. The van der Waals surface area contributed by atoms with Gasteiger partial charge in [-0.15, -0.1) is 0 Å². The first-order chi connectivity index (χ1) is 9.51. The third-order valence-corrected chi connectivity index (χ3v) is 4.45. The lowest BCUT2D eigenvalue weighted by atomic mass is 10.1. The average Bonchev–Trinajstić information content (AvgIpc) is 2.83. The van der Waals surface area contributed by atoms with E-state index < -0.39 is 0 Å². The Bertz CT molecular complexity index is 506. The summed E-state index contributed by atoms with van der Waals surface area (Å²) in [5.74, 6) is 0.830. The zero-order chi connectivity index (χ0) is 14.7. The van der Waals surface area contributed by atoms with E-state index in [4.69, 9.17) is 10.9 Å². The van der Waals surface area contributed by atoms with Crippen molar-refractivity contribution in [3.63, 3.8) is 0 Å². The maximum Gasteiger partial charge on any atom is 0.171 e. The highest BCUT2D eigenvalue weighted by atomic mass is 79.9. The van der Waals surface area contributed by atoms with Crippen molar-refractivity contribution in [3.05, 3.63) is 28.2 Å². The Balaban J connectivity index is 2.07. The SMILES string of the molecule is CN1CCC(CN(C)c2ccc(/C(N)=N/O)c(Br)c2)C1. The summed E-state index contributed by atoms with van der Waals surface area (Å²) in [6, 6.07) is 5.87. The summed E-state index contributed by atoms with van der Waals surface area (Å²) in [7, 11) is 4.27. The molecule has 0 bridgehead atoms. The number of oxime groups is 1. The van der Waals surface area contributed by atoms with E-state index in [0.29, 0.717) is 11.5 Å². The first-order valence-corrected chi connectivity index (χ1v) is 7.47. The smallest absolute Gasteiger partial charge is 0.171 e. The van der Waals surface area contributed by atoms with Crippen LogP contribution in [0.1, 0.15) is 12.0 Å². The monoisotopic (exact) mass is 340 g/mol. The van der Waals surface area contributed by atoms with E-state index in [-0.39, 0.29) is 5.84 Å². The Morgan fingerprint density at radius 1 is 1.60 bits per heavy atom. The number of likely N-dealkylation sites (tertiary alicyclic amines) is 1. The van der Waals surface area contributed by atoms with Gasteiger partial charge in [0.2, 0.25) is 0 Å². The molecule has 5 nitrogen and oxygen atoms in total. The van der Waals surface area contributed by atoms with Gasteiger partial charge in [0.1, 0.15) is 0 Å². The van der Waals surface area contributed by atoms with Gasteiger partial charge in [-0.2, -0.15) is 0 Å². The number of anilines is 1. The van der Waals surface area contributed by atoms with Gasteiger partial charge in [-0.25, -0.2) is 0 Å². The van der Waals surface area contributed by atoms with Gasteiger partial charge in [-0.3, -0.25) is 0 Å². The molecular formula is C14H21BrN4O. The van der Waals surface area contributed by atoms with Crippen LogP contribution in [-0.2, 0) is 0 Å². The minimum Gasteiger partial charge on any atom is -0.409 e. The van der Waals surface area contributed by atoms with Crippen molar-refractivity contribution in [3.8, 4) is 0 Å². The van der Waals surface area contributed by atoms with Gasteiger partial charge in [0.15, 0.2) is 5.84 Å². The second-order valence-corrected chi connectivity index (χ2v) is 6.30. The van der Waals surface area contributed by atoms with Crippen LogP contribution in [-0.4, -0.2) is 49.7 Å². The summed E-state index contributed by atoms with van der Waals surface area (Å²) >= 11 is 3.47. The molecule has 0 aromatic heterocycles. The zero-order valence-corrected chi connectivity index (χ0v) is 13.5. The molecule has 0 aliphatic carbocycles. The Kier molecular flexibility index (Phi) is 4.88. The highest BCUT2D eigenvalue weighted by Crippen LogP contribution is 2.25. The lowest BCUT2D eigenvalue weighted by Crippen LogP contribution is -2.27. The number of amidine groups is 1. The van der Waals surface area contributed by atoms with Crippen molar-refractivity contribution in [2.24, 2.45) is 16.8 Å². The summed E-state index contributed by atoms with van der Waals surface area (Å²) in [6.07, 6.45) is 1.25. The number of nitrogens with two attached hydrogens (primary N) is 1. The molecule has 6 heteroatoms. The lowest BCUT2D eigenvalue weighted by molar-refractivity contribution is 0.318. The zero-order valence-electron chi connectivity index (χ0n) is 11.9. The number of benzene rings is 1. The normalized spacial score (nSPS) is 20.4. The van der Waals surface area contributed by atoms with E-state index in [2.05, 4.69) is 45.0 Å². The van der Waals surface area contributed by atoms with Crippen molar-refractivity contribution in [1.29, 1.82) is 0 Å². The van der Waals surface area contributed by atoms with Crippen molar-refractivity contribution < 1.29 is 5.21 Å². The van der Waals surface area contributed by atoms with Gasteiger partial charge < -0.3 is 20.7 Å². The predicted molar refractivity (Wildman–Crippen MR) is 85.5 cm³/mol. The van der Waals surface area contributed by atoms with Crippen LogP contribution >= 0.6 is 15.9 Å². The van der Waals surface area contributed by atoms with E-state index in [1.807, 2.05) is 18.2 Å². The second-order valence-electron chi connectivity index (χ2n) is 5.45. The molecule has 0 saturated carbocycles. The van der Waals surface area contributed by atoms with Gasteiger partial charge >= 0.3 is 0 Å². The maximum atomic E-state index is 8.73. The number of halogens is 1. The fourth-order valence-corrected chi connectivity index (χ4v) is 3.24. The molecule has 1 aliphatic heterocycles. The topological polar surface area (TPSA) is 65.1 Å². The Labute approximate surface area is 128 Å². The van der Waals surface area contributed by atoms with Gasteiger partial charge in [0.25, 0.3) is 0 Å². The Morgan fingerprint density at radius 3 is 2.90 bits per heavy atom. The summed E-state index contributed by atoms with van der Waals surface area (Å²) in [5, 5.41) is 11.8. The number of hydrogen-bond acceptors (Lipinski definition) is 4. The van der Waals surface area contributed by atoms with E-state index in [1.165, 1.54) is 13.0 Å². The minimum absolute atomic E-state index is 0.114. The molecule has 0 spiro atoms. The van der Waals surface area contributed by atoms with Gasteiger partial charge in [-0.1, -0.05) is 5.16 Å². The predicted octanol–water partition coefficient (Wildman–Crippen LogP) is 1.93. The average molecular weight is 341 g/mol. The van der Waals surface area contributed by atoms with Crippen molar-refractivity contribution in [1.82, 2.24) is 4.90 Å². The molecule has 1 fully saturated rings. The summed E-state index contributed by atoms with van der Waals surface area (Å²) < 4.78 is 0.834. The third-order valence-electron chi connectivity index (χ3n) is 3.80. The van der Waals surface area contributed by atoms with Crippen LogP contribution in [0.4, 0.5) is 5.69 Å². The first kappa shape index (κ1) is 15.1. The van der Waals surface area contributed by atoms with Crippen LogP contribution in [0.3, 0.4) is 0 Å². The molecule has 2 rings (SSSR count). The van der Waals surface area contributed by atoms with Crippen LogP contribution in [0.2, 0.25) is 0 Å². The fraction of sp³-hybridized carbons (Fsp3) is 0.500. The molecular weight excluding hydrogens is 320 g/mol. The summed E-state index contributed by atoms with van der Waals surface area (Å²) in [4.78, 5) is 4.63. The highest BCUT2D eigenvalue weighted by Gasteiger charge is 2.21. The summed E-state index contributed by atoms with van der Waals surface area (Å²) in [6.45, 7) is 3.39. The van der Waals surface area contributed by atoms with E-state index in [0.717, 1.165) is 23.2 Å². The molecule has 1 saturated heterocycles. The molecule has 1 aromatic rings. The highest BCUT2D eigenvalue weighted by molar-refractivity contribution is 9.10. The molecule has 1 unspecified atom stereocenters. The first-order valence-electron chi connectivity index (χ1n) is 6.68. The summed E-state index contributed by atoms with van der Waals surface area (Å²) in [5.41, 5.74) is 7.44. The molecule has 0 amide bonds. The van der Waals surface area contributed by atoms with E-state index >= 15 is 0 Å². The van der Waals surface area contributed by atoms with Crippen molar-refractivity contribution >= 4 is 27.5 Å². The van der Waals surface area contributed by atoms with E-state index in [9.17, 15) is 0 Å². The largest absolute Gasteiger partial charge is 0.409 e. The molecule has 1 aliphatic rings. The number of hydrogen-bond donors (Lipinski definition) is 2. The van der Waals surface area contributed by atoms with Crippen LogP contribution in [0, 0.1) is 5.92 Å². The van der Waals surface area contributed by atoms with Crippen molar-refractivity contribution in [2.45, 2.75) is 6.42 Å².